The summed E-state index contributed by atoms with van der Waals surface area (Å²) in [6.07, 6.45) is 4.74. The molecule has 0 saturated carbocycles. The number of carbonyl (C=O) groups is 1. The van der Waals surface area contributed by atoms with Crippen molar-refractivity contribution in [2.45, 2.75) is 25.8 Å². The molecule has 0 bridgehead atoms. The number of rotatable bonds is 6. The van der Waals surface area contributed by atoms with Crippen molar-refractivity contribution in [1.29, 1.82) is 0 Å². The number of nitrogens with zero attached hydrogens (tertiary/aromatic N) is 3. The van der Waals surface area contributed by atoms with Gasteiger partial charge in [-0.3, -0.25) is 10.2 Å². The van der Waals surface area contributed by atoms with Gasteiger partial charge in [0.15, 0.2) is 11.2 Å². The quantitative estimate of drug-likeness (QED) is 0.408. The highest BCUT2D eigenvalue weighted by atomic mass is 16.6. The first kappa shape index (κ1) is 21.9. The van der Waals surface area contributed by atoms with Gasteiger partial charge in [0.25, 0.3) is 0 Å². The predicted molar refractivity (Wildman–Crippen MR) is 129 cm³/mol. The maximum Gasteiger partial charge on any atom is 0.417 e. The summed E-state index contributed by atoms with van der Waals surface area (Å²) in [5.74, 6) is 1.61. The predicted octanol–water partition coefficient (Wildman–Crippen LogP) is 5.50. The summed E-state index contributed by atoms with van der Waals surface area (Å²) in [6, 6.07) is 16.3. The van der Waals surface area contributed by atoms with Crippen molar-refractivity contribution < 1.29 is 18.7 Å². The van der Waals surface area contributed by atoms with Crippen LogP contribution in [-0.2, 0) is 6.54 Å². The highest BCUT2D eigenvalue weighted by Gasteiger charge is 2.17. The van der Waals surface area contributed by atoms with Crippen LogP contribution in [0.4, 0.5) is 10.5 Å². The lowest BCUT2D eigenvalue weighted by Gasteiger charge is -2.27. The van der Waals surface area contributed by atoms with E-state index in [1.807, 2.05) is 30.3 Å². The number of amides is 1. The number of pyridine rings is 1. The van der Waals surface area contributed by atoms with E-state index in [1.54, 1.807) is 37.6 Å². The second kappa shape index (κ2) is 9.93. The van der Waals surface area contributed by atoms with E-state index in [9.17, 15) is 4.79 Å². The van der Waals surface area contributed by atoms with Crippen molar-refractivity contribution >= 4 is 23.0 Å². The highest BCUT2D eigenvalue weighted by molar-refractivity contribution is 5.91. The second-order valence-corrected chi connectivity index (χ2v) is 8.21. The van der Waals surface area contributed by atoms with Gasteiger partial charge in [-0.25, -0.2) is 9.78 Å². The van der Waals surface area contributed by atoms with Crippen molar-refractivity contribution in [2.75, 3.05) is 25.5 Å². The minimum absolute atomic E-state index is 0.373. The molecule has 1 fully saturated rings. The number of anilines is 1. The van der Waals surface area contributed by atoms with Gasteiger partial charge in [-0.05, 0) is 68.4 Å². The third-order valence-electron chi connectivity index (χ3n) is 5.86. The SMILES string of the molecule is COc1ccc(OC(=O)Nc2ccccc2-c2nc3ncccc3o2)cc1CN1CCCCC1. The van der Waals surface area contributed by atoms with E-state index < -0.39 is 6.09 Å². The molecule has 3 heterocycles. The molecule has 2 aromatic carbocycles. The number of fused-ring (bicyclic) bond motifs is 1. The Hall–Kier alpha value is -3.91. The Morgan fingerprint density at radius 3 is 2.76 bits per heavy atom. The fraction of sp³-hybridized carbons (Fsp3) is 0.269. The maximum atomic E-state index is 12.8. The van der Waals surface area contributed by atoms with Gasteiger partial charge in [0.05, 0.1) is 18.4 Å². The number of methoxy groups -OCH3 is 1. The van der Waals surface area contributed by atoms with Crippen LogP contribution in [0.1, 0.15) is 24.8 Å². The van der Waals surface area contributed by atoms with Crippen molar-refractivity contribution in [3.05, 3.63) is 66.4 Å². The Morgan fingerprint density at radius 2 is 1.94 bits per heavy atom. The highest BCUT2D eigenvalue weighted by Crippen LogP contribution is 2.30. The minimum atomic E-state index is -0.601. The van der Waals surface area contributed by atoms with Crippen molar-refractivity contribution in [1.82, 2.24) is 14.9 Å². The van der Waals surface area contributed by atoms with Gasteiger partial charge in [-0.2, -0.15) is 4.98 Å². The van der Waals surface area contributed by atoms with Crippen molar-refractivity contribution in [2.24, 2.45) is 0 Å². The van der Waals surface area contributed by atoms with Crippen LogP contribution in [0, 0.1) is 0 Å². The molecule has 0 unspecified atom stereocenters. The summed E-state index contributed by atoms with van der Waals surface area (Å²) in [6.45, 7) is 2.89. The molecule has 1 aliphatic rings. The molecule has 4 aromatic rings. The van der Waals surface area contributed by atoms with E-state index in [0.29, 0.717) is 34.1 Å². The molecule has 5 rings (SSSR count). The standard InChI is InChI=1S/C26H26N4O4/c1-32-22-12-11-19(16-18(22)17-30-14-5-2-6-15-30)33-26(31)28-21-9-4-3-8-20(21)25-29-24-23(34-25)10-7-13-27-24/h3-4,7-13,16H,2,5-6,14-15,17H2,1H3,(H,28,31). The molecule has 174 valence electrons. The van der Waals surface area contributed by atoms with E-state index in [4.69, 9.17) is 13.9 Å². The topological polar surface area (TPSA) is 89.7 Å². The first-order valence-electron chi connectivity index (χ1n) is 11.4. The largest absolute Gasteiger partial charge is 0.496 e. The Morgan fingerprint density at radius 1 is 1.09 bits per heavy atom. The van der Waals surface area contributed by atoms with Crippen LogP contribution in [0.5, 0.6) is 11.5 Å². The molecule has 0 atom stereocenters. The molecule has 1 saturated heterocycles. The Bertz CT molecular complexity index is 1260. The zero-order chi connectivity index (χ0) is 23.3. The van der Waals surface area contributed by atoms with Crippen LogP contribution in [-0.4, -0.2) is 41.2 Å². The van der Waals surface area contributed by atoms with Gasteiger partial charge in [0.2, 0.25) is 5.89 Å². The second-order valence-electron chi connectivity index (χ2n) is 8.21. The summed E-state index contributed by atoms with van der Waals surface area (Å²) < 4.78 is 17.0. The van der Waals surface area contributed by atoms with Crippen LogP contribution < -0.4 is 14.8 Å². The van der Waals surface area contributed by atoms with Crippen LogP contribution in [0.15, 0.2) is 65.2 Å². The van der Waals surface area contributed by atoms with Gasteiger partial charge in [0.1, 0.15) is 11.5 Å². The molecule has 0 aliphatic carbocycles. The summed E-state index contributed by atoms with van der Waals surface area (Å²) in [4.78, 5) is 23.8. The first-order chi connectivity index (χ1) is 16.7. The third kappa shape index (κ3) is 4.87. The van der Waals surface area contributed by atoms with E-state index in [0.717, 1.165) is 30.9 Å². The minimum Gasteiger partial charge on any atom is -0.496 e. The molecular weight excluding hydrogens is 432 g/mol. The molecule has 1 aliphatic heterocycles. The normalized spacial score (nSPS) is 14.1. The number of hydrogen-bond donors (Lipinski definition) is 1. The number of oxazole rings is 1. The fourth-order valence-electron chi connectivity index (χ4n) is 4.21. The molecule has 8 nitrogen and oxygen atoms in total. The Labute approximate surface area is 197 Å². The van der Waals surface area contributed by atoms with E-state index in [-0.39, 0.29) is 0 Å². The number of likely N-dealkylation sites (tertiary alicyclic amines) is 1. The molecule has 1 amide bonds. The molecule has 2 aromatic heterocycles. The molecule has 34 heavy (non-hydrogen) atoms. The fourth-order valence-corrected chi connectivity index (χ4v) is 4.21. The van der Waals surface area contributed by atoms with E-state index in [1.165, 1.54) is 19.3 Å². The zero-order valence-electron chi connectivity index (χ0n) is 19.0. The summed E-state index contributed by atoms with van der Waals surface area (Å²) in [5.41, 5.74) is 3.25. The Kier molecular flexibility index (Phi) is 6.40. The monoisotopic (exact) mass is 458 g/mol. The number of nitrogens with one attached hydrogen (secondary N) is 1. The van der Waals surface area contributed by atoms with E-state index in [2.05, 4.69) is 20.2 Å². The summed E-state index contributed by atoms with van der Waals surface area (Å²) in [7, 11) is 1.65. The lowest BCUT2D eigenvalue weighted by molar-refractivity contribution is 0.213. The third-order valence-corrected chi connectivity index (χ3v) is 5.86. The first-order valence-corrected chi connectivity index (χ1v) is 11.4. The van der Waals surface area contributed by atoms with Crippen molar-refractivity contribution in [3.63, 3.8) is 0 Å². The molecule has 0 radical (unpaired) electrons. The smallest absolute Gasteiger partial charge is 0.417 e. The molecule has 8 heteroatoms. The number of carbonyl (C=O) groups excluding carboxylic acids is 1. The average molecular weight is 459 g/mol. The Balaban J connectivity index is 1.32. The van der Waals surface area contributed by atoms with Gasteiger partial charge in [-0.15, -0.1) is 0 Å². The average Bonchev–Trinajstić information content (AvgIpc) is 3.29. The molecule has 0 spiro atoms. The summed E-state index contributed by atoms with van der Waals surface area (Å²) in [5, 5.41) is 2.81. The number of aromatic nitrogens is 2. The van der Waals surface area contributed by atoms with Crippen LogP contribution in [0.25, 0.3) is 22.7 Å². The number of para-hydroxylation sites is 1. The van der Waals surface area contributed by atoms with Gasteiger partial charge < -0.3 is 13.9 Å². The van der Waals surface area contributed by atoms with E-state index >= 15 is 0 Å². The zero-order valence-corrected chi connectivity index (χ0v) is 19.0. The number of hydrogen-bond acceptors (Lipinski definition) is 7. The molecule has 1 N–H and O–H groups in total. The number of piperidine rings is 1. The van der Waals surface area contributed by atoms with Crippen LogP contribution in [0.2, 0.25) is 0 Å². The van der Waals surface area contributed by atoms with Crippen LogP contribution >= 0.6 is 0 Å². The number of ether oxygens (including phenoxy) is 2. The van der Waals surface area contributed by atoms with Gasteiger partial charge >= 0.3 is 6.09 Å². The van der Waals surface area contributed by atoms with Crippen LogP contribution in [0.3, 0.4) is 0 Å². The van der Waals surface area contributed by atoms with Gasteiger partial charge in [0, 0.05) is 18.3 Å². The van der Waals surface area contributed by atoms with Gasteiger partial charge in [-0.1, -0.05) is 18.6 Å². The summed E-state index contributed by atoms with van der Waals surface area (Å²) >= 11 is 0. The lowest BCUT2D eigenvalue weighted by atomic mass is 10.1. The van der Waals surface area contributed by atoms with Crippen molar-refractivity contribution in [3.8, 4) is 23.0 Å². The lowest BCUT2D eigenvalue weighted by Crippen LogP contribution is -2.29. The number of benzene rings is 2. The molecular formula is C26H26N4O4. The maximum absolute atomic E-state index is 12.8.